The lowest BCUT2D eigenvalue weighted by molar-refractivity contribution is -0.155. The number of amides is 1. The third-order valence-corrected chi connectivity index (χ3v) is 8.79. The van der Waals surface area contributed by atoms with Crippen LogP contribution in [0.1, 0.15) is 35.4 Å². The van der Waals surface area contributed by atoms with E-state index >= 15 is 0 Å². The van der Waals surface area contributed by atoms with Crippen molar-refractivity contribution < 1.29 is 23.6 Å². The lowest BCUT2D eigenvalue weighted by Crippen LogP contribution is -2.63. The summed E-state index contributed by atoms with van der Waals surface area (Å²) in [6, 6.07) is 33.3. The van der Waals surface area contributed by atoms with E-state index in [1.54, 1.807) is 19.9 Å². The number of halogens is 1. The molecule has 234 valence electrons. The van der Waals surface area contributed by atoms with Crippen molar-refractivity contribution in [3.8, 4) is 22.5 Å². The summed E-state index contributed by atoms with van der Waals surface area (Å²) in [5, 5.41) is 7.37. The van der Waals surface area contributed by atoms with Crippen LogP contribution in [0.3, 0.4) is 0 Å². The third kappa shape index (κ3) is 6.27. The second-order valence-electron chi connectivity index (χ2n) is 11.5. The number of carbonyl (C=O) groups excluding carboxylic acids is 2. The van der Waals surface area contributed by atoms with Gasteiger partial charge >= 0.3 is 12.1 Å². The van der Waals surface area contributed by atoms with E-state index in [0.29, 0.717) is 40.8 Å². The number of anilines is 1. The number of likely N-dealkylation sites (tertiary alicyclic amines) is 1. The predicted molar refractivity (Wildman–Crippen MR) is 177 cm³/mol. The van der Waals surface area contributed by atoms with Crippen LogP contribution >= 0.6 is 11.6 Å². The second-order valence-corrected chi connectivity index (χ2v) is 11.9. The van der Waals surface area contributed by atoms with Crippen LogP contribution in [0.25, 0.3) is 22.5 Å². The molecular formula is C37H34ClN3O5. The molecule has 0 saturated carbocycles. The Labute approximate surface area is 272 Å². The summed E-state index contributed by atoms with van der Waals surface area (Å²) in [4.78, 5) is 28.0. The van der Waals surface area contributed by atoms with Crippen molar-refractivity contribution in [1.82, 2.24) is 10.1 Å². The van der Waals surface area contributed by atoms with E-state index in [1.807, 2.05) is 84.9 Å². The van der Waals surface area contributed by atoms with Crippen molar-refractivity contribution >= 4 is 29.4 Å². The molecular weight excluding hydrogens is 602 g/mol. The zero-order valence-corrected chi connectivity index (χ0v) is 26.6. The van der Waals surface area contributed by atoms with Crippen LogP contribution < -0.4 is 5.32 Å². The number of rotatable bonds is 9. The van der Waals surface area contributed by atoms with Crippen LogP contribution in [0.5, 0.6) is 0 Å². The number of aryl methyl sites for hydroxylation is 1. The van der Waals surface area contributed by atoms with Crippen molar-refractivity contribution in [3.05, 3.63) is 131 Å². The summed E-state index contributed by atoms with van der Waals surface area (Å²) in [5.41, 5.74) is 5.86. The first kappa shape index (κ1) is 31.1. The summed E-state index contributed by atoms with van der Waals surface area (Å²) < 4.78 is 16.4. The molecule has 8 nitrogen and oxygen atoms in total. The van der Waals surface area contributed by atoms with E-state index < -0.39 is 17.6 Å². The summed E-state index contributed by atoms with van der Waals surface area (Å²) in [5.74, 6) is 0.203. The first-order valence-electron chi connectivity index (χ1n) is 15.0. The lowest BCUT2D eigenvalue weighted by Gasteiger charge is -2.48. The van der Waals surface area contributed by atoms with Gasteiger partial charge in [0.15, 0.2) is 5.76 Å². The van der Waals surface area contributed by atoms with Gasteiger partial charge in [0, 0.05) is 35.8 Å². The minimum atomic E-state index is -0.689. The lowest BCUT2D eigenvalue weighted by atomic mass is 9.73. The number of methoxy groups -OCH3 is 1. The molecule has 46 heavy (non-hydrogen) atoms. The highest BCUT2D eigenvalue weighted by molar-refractivity contribution is 6.31. The van der Waals surface area contributed by atoms with Gasteiger partial charge in [0.1, 0.15) is 22.9 Å². The van der Waals surface area contributed by atoms with E-state index in [4.69, 9.17) is 25.6 Å². The summed E-state index contributed by atoms with van der Waals surface area (Å²) in [6.07, 6.45) is -1.20. The molecule has 4 aromatic carbocycles. The Morgan fingerprint density at radius 3 is 2.17 bits per heavy atom. The molecule has 1 aliphatic rings. The van der Waals surface area contributed by atoms with Crippen molar-refractivity contribution in [3.63, 3.8) is 0 Å². The van der Waals surface area contributed by atoms with E-state index in [9.17, 15) is 9.59 Å². The standard InChI is InChI=1S/C37H34ClN3O5/c1-24-33(39-36(43)45-25(2)31-11-7-8-12-32(31)38)34(46-40-24)29-15-13-27(14-16-29)28-17-19-30(20-18-28)37(35(42)44-3)22-41(23-37)21-26-9-5-4-6-10-26/h4-20,25H,21-23H2,1-3H3,(H,39,43). The molecule has 1 N–H and O–H groups in total. The number of nitrogens with zero attached hydrogens (tertiary/aromatic N) is 2. The fourth-order valence-corrected chi connectivity index (χ4v) is 6.25. The Bertz CT molecular complexity index is 1830. The highest BCUT2D eigenvalue weighted by atomic mass is 35.5. The van der Waals surface area contributed by atoms with E-state index in [-0.39, 0.29) is 5.97 Å². The molecule has 1 aromatic heterocycles. The van der Waals surface area contributed by atoms with Gasteiger partial charge in [0.25, 0.3) is 0 Å². The number of esters is 1. The van der Waals surface area contributed by atoms with Crippen molar-refractivity contribution in [1.29, 1.82) is 0 Å². The average molecular weight is 636 g/mol. The molecule has 1 aliphatic heterocycles. The number of aromatic nitrogens is 1. The zero-order valence-electron chi connectivity index (χ0n) is 25.8. The minimum Gasteiger partial charge on any atom is -0.468 e. The van der Waals surface area contributed by atoms with Crippen molar-refractivity contribution in [2.75, 3.05) is 25.5 Å². The Hall–Kier alpha value is -4.92. The fourth-order valence-electron chi connectivity index (χ4n) is 5.97. The SMILES string of the molecule is COC(=O)C1(c2ccc(-c3ccc(-c4onc(C)c4NC(=O)OC(C)c4ccccc4Cl)cc3)cc2)CN(Cc2ccccc2)C1. The third-order valence-electron chi connectivity index (χ3n) is 8.45. The first-order valence-corrected chi connectivity index (χ1v) is 15.4. The van der Waals surface area contributed by atoms with Crippen LogP contribution in [-0.2, 0) is 26.2 Å². The quantitative estimate of drug-likeness (QED) is 0.163. The minimum absolute atomic E-state index is 0.220. The van der Waals surface area contributed by atoms with Crippen LogP contribution in [0.4, 0.5) is 10.5 Å². The molecule has 1 amide bonds. The van der Waals surface area contributed by atoms with Crippen molar-refractivity contribution in [2.24, 2.45) is 0 Å². The molecule has 9 heteroatoms. The number of hydrogen-bond donors (Lipinski definition) is 1. The topological polar surface area (TPSA) is 93.9 Å². The summed E-state index contributed by atoms with van der Waals surface area (Å²) in [7, 11) is 1.45. The number of nitrogens with one attached hydrogen (secondary N) is 1. The molecule has 6 rings (SSSR count). The van der Waals surface area contributed by atoms with Crippen LogP contribution in [0, 0.1) is 6.92 Å². The Morgan fingerprint density at radius 2 is 1.52 bits per heavy atom. The highest BCUT2D eigenvalue weighted by Gasteiger charge is 2.51. The van der Waals surface area contributed by atoms with Gasteiger partial charge in [-0.15, -0.1) is 0 Å². The van der Waals surface area contributed by atoms with Gasteiger partial charge in [0.2, 0.25) is 0 Å². The second kappa shape index (κ2) is 13.2. The maximum absolute atomic E-state index is 13.0. The molecule has 5 aromatic rings. The number of benzene rings is 4. The fraction of sp³-hybridized carbons (Fsp3) is 0.216. The van der Waals surface area contributed by atoms with Gasteiger partial charge in [-0.3, -0.25) is 15.0 Å². The molecule has 0 spiro atoms. The monoisotopic (exact) mass is 635 g/mol. The molecule has 0 aliphatic carbocycles. The van der Waals surface area contributed by atoms with Crippen LogP contribution in [0.15, 0.2) is 108 Å². The number of carbonyl (C=O) groups is 2. The van der Waals surface area contributed by atoms with Gasteiger partial charge in [-0.25, -0.2) is 4.79 Å². The normalized spacial score (nSPS) is 14.6. The van der Waals surface area contributed by atoms with Gasteiger partial charge in [-0.2, -0.15) is 0 Å². The molecule has 1 saturated heterocycles. The van der Waals surface area contributed by atoms with Crippen LogP contribution in [-0.4, -0.2) is 42.3 Å². The molecule has 0 bridgehead atoms. The molecule has 0 radical (unpaired) electrons. The largest absolute Gasteiger partial charge is 0.468 e. The van der Waals surface area contributed by atoms with Crippen molar-refractivity contribution in [2.45, 2.75) is 31.9 Å². The zero-order chi connectivity index (χ0) is 32.3. The molecule has 2 heterocycles. The van der Waals surface area contributed by atoms with E-state index in [1.165, 1.54) is 12.7 Å². The maximum Gasteiger partial charge on any atom is 0.412 e. The summed E-state index contributed by atoms with van der Waals surface area (Å²) >= 11 is 6.26. The Balaban J connectivity index is 1.14. The van der Waals surface area contributed by atoms with Gasteiger partial charge < -0.3 is 14.0 Å². The van der Waals surface area contributed by atoms with Gasteiger partial charge in [0.05, 0.1) is 7.11 Å². The smallest absolute Gasteiger partial charge is 0.412 e. The van der Waals surface area contributed by atoms with E-state index in [0.717, 1.165) is 28.8 Å². The first-order chi connectivity index (χ1) is 22.3. The highest BCUT2D eigenvalue weighted by Crippen LogP contribution is 2.38. The molecule has 1 fully saturated rings. The Morgan fingerprint density at radius 1 is 0.913 bits per heavy atom. The maximum atomic E-state index is 13.0. The molecule has 1 unspecified atom stereocenters. The van der Waals surface area contributed by atoms with Gasteiger partial charge in [-0.05, 0) is 42.2 Å². The summed E-state index contributed by atoms with van der Waals surface area (Å²) in [6.45, 7) is 5.49. The van der Waals surface area contributed by atoms with Gasteiger partial charge in [-0.1, -0.05) is 114 Å². The predicted octanol–water partition coefficient (Wildman–Crippen LogP) is 8.21. The van der Waals surface area contributed by atoms with Crippen LogP contribution in [0.2, 0.25) is 5.02 Å². The number of hydrogen-bond acceptors (Lipinski definition) is 7. The average Bonchev–Trinajstić information content (AvgIpc) is 3.42. The Kier molecular flexibility index (Phi) is 8.92. The number of ether oxygens (including phenoxy) is 2. The van der Waals surface area contributed by atoms with E-state index in [2.05, 4.69) is 27.5 Å². The molecule has 1 atom stereocenters.